The van der Waals surface area contributed by atoms with Gasteiger partial charge in [0.1, 0.15) is 0 Å². The number of piperidine rings is 1. The van der Waals surface area contributed by atoms with E-state index < -0.39 is 5.54 Å². The number of nitrogens with two attached hydrogens (primary N) is 1. The van der Waals surface area contributed by atoms with Crippen LogP contribution in [-0.2, 0) is 22.6 Å². The van der Waals surface area contributed by atoms with Crippen LogP contribution >= 0.6 is 24.8 Å². The number of amides is 1. The Hall–Kier alpha value is -0.850. The Kier molecular flexibility index (Phi) is 10.1. The molecule has 3 N–H and O–H groups in total. The van der Waals surface area contributed by atoms with Crippen molar-refractivity contribution in [1.82, 2.24) is 10.2 Å². The van der Waals surface area contributed by atoms with Crippen molar-refractivity contribution in [1.29, 1.82) is 0 Å². The molecule has 0 atom stereocenters. The topological polar surface area (TPSA) is 67.6 Å². The summed E-state index contributed by atoms with van der Waals surface area (Å²) in [4.78, 5) is 15.0. The van der Waals surface area contributed by atoms with Crippen molar-refractivity contribution in [3.63, 3.8) is 0 Å². The molecule has 0 aromatic heterocycles. The highest BCUT2D eigenvalue weighted by Gasteiger charge is 2.35. The third-order valence-corrected chi connectivity index (χ3v) is 5.67. The van der Waals surface area contributed by atoms with Crippen LogP contribution in [0, 0.1) is 5.92 Å². The minimum atomic E-state index is -0.782. The van der Waals surface area contributed by atoms with Gasteiger partial charge in [0.25, 0.3) is 0 Å². The molecule has 2 saturated heterocycles. The summed E-state index contributed by atoms with van der Waals surface area (Å²) in [6.45, 7) is 7.28. The first-order chi connectivity index (χ1) is 12.1. The number of nitrogens with zero attached hydrogens (tertiary/aromatic N) is 1. The zero-order valence-electron chi connectivity index (χ0n) is 16.1. The van der Waals surface area contributed by atoms with Crippen LogP contribution in [0.5, 0.6) is 0 Å². The molecule has 1 amide bonds. The molecule has 2 fully saturated rings. The Morgan fingerprint density at radius 3 is 2.41 bits per heavy atom. The van der Waals surface area contributed by atoms with E-state index in [-0.39, 0.29) is 30.7 Å². The van der Waals surface area contributed by atoms with Crippen LogP contribution in [0.1, 0.15) is 43.7 Å². The molecule has 0 aliphatic carbocycles. The summed E-state index contributed by atoms with van der Waals surface area (Å²) in [5.41, 5.74) is 7.97. The molecule has 154 valence electrons. The molecule has 1 aromatic carbocycles. The number of rotatable bonds is 5. The summed E-state index contributed by atoms with van der Waals surface area (Å²) in [5, 5.41) is 3.06. The second-order valence-corrected chi connectivity index (χ2v) is 7.68. The van der Waals surface area contributed by atoms with Gasteiger partial charge in [-0.1, -0.05) is 31.2 Å². The molecular formula is C20H33Cl2N3O2. The number of benzene rings is 1. The van der Waals surface area contributed by atoms with Gasteiger partial charge >= 0.3 is 0 Å². The fraction of sp³-hybridized carbons (Fsp3) is 0.650. The SMILES string of the molecule is CC1CCN(Cc2ccccc2CNC(=O)C2(N)CCOCC2)CC1.Cl.Cl. The van der Waals surface area contributed by atoms with Crippen molar-refractivity contribution in [2.45, 2.75) is 51.2 Å². The first-order valence-electron chi connectivity index (χ1n) is 9.51. The van der Waals surface area contributed by atoms with Crippen LogP contribution in [0.2, 0.25) is 0 Å². The van der Waals surface area contributed by atoms with E-state index in [1.54, 1.807) is 0 Å². The number of hydrogen-bond donors (Lipinski definition) is 2. The van der Waals surface area contributed by atoms with Crippen molar-refractivity contribution >= 4 is 30.7 Å². The lowest BCUT2D eigenvalue weighted by molar-refractivity contribution is -0.129. The highest BCUT2D eigenvalue weighted by molar-refractivity contribution is 5.86. The molecule has 1 aromatic rings. The number of likely N-dealkylation sites (tertiary alicyclic amines) is 1. The Bertz CT molecular complexity index is 586. The van der Waals surface area contributed by atoms with E-state index in [0.717, 1.165) is 25.6 Å². The smallest absolute Gasteiger partial charge is 0.240 e. The first kappa shape index (κ1) is 24.2. The number of halogens is 2. The minimum Gasteiger partial charge on any atom is -0.381 e. The van der Waals surface area contributed by atoms with Crippen molar-refractivity contribution < 1.29 is 9.53 Å². The quantitative estimate of drug-likeness (QED) is 0.772. The molecule has 5 nitrogen and oxygen atoms in total. The van der Waals surface area contributed by atoms with E-state index in [1.165, 1.54) is 24.0 Å². The van der Waals surface area contributed by atoms with Gasteiger partial charge in [0, 0.05) is 26.3 Å². The molecule has 27 heavy (non-hydrogen) atoms. The van der Waals surface area contributed by atoms with Crippen molar-refractivity contribution in [3.05, 3.63) is 35.4 Å². The summed E-state index contributed by atoms with van der Waals surface area (Å²) in [7, 11) is 0. The zero-order chi connectivity index (χ0) is 17.7. The predicted octanol–water partition coefficient (Wildman–Crippen LogP) is 2.89. The summed E-state index contributed by atoms with van der Waals surface area (Å²) in [6.07, 6.45) is 3.73. The molecule has 7 heteroatoms. The van der Waals surface area contributed by atoms with Crippen molar-refractivity contribution in [2.24, 2.45) is 11.7 Å². The van der Waals surface area contributed by atoms with Crippen LogP contribution in [0.25, 0.3) is 0 Å². The van der Waals surface area contributed by atoms with Gasteiger partial charge in [0.2, 0.25) is 5.91 Å². The standard InChI is InChI=1S/C20H31N3O2.2ClH/c1-16-6-10-23(11-7-16)15-18-5-3-2-4-17(18)14-22-19(24)20(21)8-12-25-13-9-20;;/h2-5,16H,6-15,21H2,1H3,(H,22,24);2*1H. The molecular weight excluding hydrogens is 385 g/mol. The van der Waals surface area contributed by atoms with Gasteiger partial charge < -0.3 is 15.8 Å². The van der Waals surface area contributed by atoms with Gasteiger partial charge in [-0.3, -0.25) is 9.69 Å². The molecule has 0 spiro atoms. The molecule has 0 radical (unpaired) electrons. The summed E-state index contributed by atoms with van der Waals surface area (Å²) < 4.78 is 5.32. The maximum Gasteiger partial charge on any atom is 0.240 e. The molecule has 0 bridgehead atoms. The number of carbonyl (C=O) groups is 1. The van der Waals surface area contributed by atoms with Crippen LogP contribution in [0.4, 0.5) is 0 Å². The Labute approximate surface area is 175 Å². The molecule has 2 aliphatic rings. The largest absolute Gasteiger partial charge is 0.381 e. The minimum absolute atomic E-state index is 0. The number of nitrogens with one attached hydrogen (secondary N) is 1. The maximum absolute atomic E-state index is 12.5. The van der Waals surface area contributed by atoms with Crippen molar-refractivity contribution in [3.8, 4) is 0 Å². The molecule has 0 unspecified atom stereocenters. The second-order valence-electron chi connectivity index (χ2n) is 7.68. The fourth-order valence-corrected chi connectivity index (χ4v) is 3.66. The zero-order valence-corrected chi connectivity index (χ0v) is 17.7. The predicted molar refractivity (Wildman–Crippen MR) is 113 cm³/mol. The van der Waals surface area contributed by atoms with Crippen LogP contribution in [0.15, 0.2) is 24.3 Å². The van der Waals surface area contributed by atoms with Gasteiger partial charge in [0.15, 0.2) is 0 Å². The molecule has 0 saturated carbocycles. The highest BCUT2D eigenvalue weighted by atomic mass is 35.5. The van der Waals surface area contributed by atoms with E-state index in [4.69, 9.17) is 10.5 Å². The highest BCUT2D eigenvalue weighted by Crippen LogP contribution is 2.21. The van der Waals surface area contributed by atoms with E-state index in [0.29, 0.717) is 32.6 Å². The summed E-state index contributed by atoms with van der Waals surface area (Å²) in [5.74, 6) is 0.781. The monoisotopic (exact) mass is 417 g/mol. The van der Waals surface area contributed by atoms with Crippen LogP contribution in [-0.4, -0.2) is 42.6 Å². The Balaban J connectivity index is 0.00000182. The molecule has 3 rings (SSSR count). The Morgan fingerprint density at radius 2 is 1.78 bits per heavy atom. The average molecular weight is 418 g/mol. The summed E-state index contributed by atoms with van der Waals surface area (Å²) >= 11 is 0. The molecule has 2 aliphatic heterocycles. The lowest BCUT2D eigenvalue weighted by Gasteiger charge is -2.32. The van der Waals surface area contributed by atoms with Gasteiger partial charge in [0.05, 0.1) is 5.54 Å². The first-order valence-corrected chi connectivity index (χ1v) is 9.51. The van der Waals surface area contributed by atoms with E-state index in [2.05, 4.69) is 35.3 Å². The maximum atomic E-state index is 12.5. The third-order valence-electron chi connectivity index (χ3n) is 5.67. The van der Waals surface area contributed by atoms with Crippen molar-refractivity contribution in [2.75, 3.05) is 26.3 Å². The fourth-order valence-electron chi connectivity index (χ4n) is 3.66. The van der Waals surface area contributed by atoms with Gasteiger partial charge in [-0.05, 0) is 55.8 Å². The number of carbonyl (C=O) groups excluding carboxylic acids is 1. The normalized spacial score (nSPS) is 20.2. The summed E-state index contributed by atoms with van der Waals surface area (Å²) in [6, 6.07) is 8.40. The van der Waals surface area contributed by atoms with Gasteiger partial charge in [-0.2, -0.15) is 0 Å². The second kappa shape index (κ2) is 11.2. The van der Waals surface area contributed by atoms with E-state index in [9.17, 15) is 4.79 Å². The number of hydrogen-bond acceptors (Lipinski definition) is 4. The average Bonchev–Trinajstić information content (AvgIpc) is 2.63. The van der Waals surface area contributed by atoms with Gasteiger partial charge in [-0.25, -0.2) is 0 Å². The number of ether oxygens (including phenoxy) is 1. The lowest BCUT2D eigenvalue weighted by atomic mass is 9.90. The van der Waals surface area contributed by atoms with E-state index in [1.807, 2.05) is 6.07 Å². The van der Waals surface area contributed by atoms with E-state index >= 15 is 0 Å². The van der Waals surface area contributed by atoms with Crippen LogP contribution in [0.3, 0.4) is 0 Å². The lowest BCUT2D eigenvalue weighted by Crippen LogP contribution is -2.56. The third kappa shape index (κ3) is 6.61. The van der Waals surface area contributed by atoms with Gasteiger partial charge in [-0.15, -0.1) is 24.8 Å². The Morgan fingerprint density at radius 1 is 1.19 bits per heavy atom. The van der Waals surface area contributed by atoms with Crippen LogP contribution < -0.4 is 11.1 Å². The molecule has 2 heterocycles.